The third kappa shape index (κ3) is 3.32. The highest BCUT2D eigenvalue weighted by Crippen LogP contribution is 2.35. The molecule has 0 N–H and O–H groups in total. The van der Waals surface area contributed by atoms with E-state index in [0.717, 1.165) is 10.9 Å². The van der Waals surface area contributed by atoms with Crippen LogP contribution in [0.1, 0.15) is 11.3 Å². The van der Waals surface area contributed by atoms with Gasteiger partial charge in [0.15, 0.2) is 11.5 Å². The van der Waals surface area contributed by atoms with E-state index in [1.165, 1.54) is 10.0 Å². The van der Waals surface area contributed by atoms with Gasteiger partial charge in [0.2, 0.25) is 0 Å². The van der Waals surface area contributed by atoms with Crippen molar-refractivity contribution in [1.29, 1.82) is 0 Å². The summed E-state index contributed by atoms with van der Waals surface area (Å²) < 4.78 is 40.0. The largest absolute Gasteiger partial charge is 0.486 e. The first-order valence-corrected chi connectivity index (χ1v) is 11.3. The van der Waals surface area contributed by atoms with Gasteiger partial charge < -0.3 is 9.47 Å². The lowest BCUT2D eigenvalue weighted by molar-refractivity contribution is 0.171. The van der Waals surface area contributed by atoms with Crippen LogP contribution in [0.3, 0.4) is 0 Å². The molecule has 3 aromatic carbocycles. The predicted octanol–water partition coefficient (Wildman–Crippen LogP) is 4.89. The Morgan fingerprint density at radius 3 is 2.43 bits per heavy atom. The van der Waals surface area contributed by atoms with Crippen LogP contribution in [-0.4, -0.2) is 25.6 Å². The Labute approximate surface area is 179 Å². The fraction of sp³-hybridized carbons (Fsp3) is 0.130. The molecule has 0 saturated heterocycles. The number of nitrogens with zero attached hydrogens (tertiary/aromatic N) is 1. The monoisotopic (exact) mass is 439 g/mol. The first-order valence-electron chi connectivity index (χ1n) is 9.51. The second-order valence-electron chi connectivity index (χ2n) is 7.08. The van der Waals surface area contributed by atoms with Crippen molar-refractivity contribution in [2.24, 2.45) is 0 Å². The van der Waals surface area contributed by atoms with Gasteiger partial charge in [-0.05, 0) is 42.0 Å². The summed E-state index contributed by atoms with van der Waals surface area (Å²) in [6, 6.07) is 21.6. The number of hydrogen-bond acceptors (Lipinski definition) is 4. The summed E-state index contributed by atoms with van der Waals surface area (Å²) in [5, 5.41) is 1.33. The Balaban J connectivity index is 1.69. The van der Waals surface area contributed by atoms with E-state index in [9.17, 15) is 8.42 Å². The fourth-order valence-corrected chi connectivity index (χ4v) is 5.46. The molecule has 0 amide bonds. The molecule has 0 saturated carbocycles. The van der Waals surface area contributed by atoms with E-state index in [2.05, 4.69) is 0 Å². The van der Waals surface area contributed by atoms with Gasteiger partial charge >= 0.3 is 0 Å². The lowest BCUT2D eigenvalue weighted by Crippen LogP contribution is -2.18. The Morgan fingerprint density at radius 1 is 0.867 bits per heavy atom. The van der Waals surface area contributed by atoms with E-state index in [1.54, 1.807) is 30.3 Å². The average molecular weight is 440 g/mol. The highest BCUT2D eigenvalue weighted by Gasteiger charge is 2.25. The van der Waals surface area contributed by atoms with Crippen LogP contribution < -0.4 is 9.47 Å². The second-order valence-corrected chi connectivity index (χ2v) is 9.30. The summed E-state index contributed by atoms with van der Waals surface area (Å²) in [5.74, 6) is 0.986. The van der Waals surface area contributed by atoms with Gasteiger partial charge in [-0.25, -0.2) is 12.4 Å². The zero-order chi connectivity index (χ0) is 20.7. The van der Waals surface area contributed by atoms with Gasteiger partial charge in [0.1, 0.15) is 13.2 Å². The minimum atomic E-state index is -3.88. The van der Waals surface area contributed by atoms with Gasteiger partial charge in [-0.1, -0.05) is 41.9 Å². The van der Waals surface area contributed by atoms with Crippen LogP contribution in [-0.2, 0) is 16.4 Å². The Kier molecular flexibility index (Phi) is 4.68. The van der Waals surface area contributed by atoms with E-state index in [4.69, 9.17) is 21.1 Å². The molecule has 152 valence electrons. The summed E-state index contributed by atoms with van der Waals surface area (Å²) in [7, 11) is -3.88. The number of aromatic nitrogens is 1. The third-order valence-electron chi connectivity index (χ3n) is 5.07. The van der Waals surface area contributed by atoms with Gasteiger partial charge in [0.05, 0.1) is 10.4 Å². The Hall–Kier alpha value is -2.96. The molecule has 30 heavy (non-hydrogen) atoms. The Morgan fingerprint density at radius 2 is 1.63 bits per heavy atom. The molecule has 5 rings (SSSR count). The summed E-state index contributed by atoms with van der Waals surface area (Å²) in [4.78, 5) is 0.147. The molecule has 1 aliphatic heterocycles. The van der Waals surface area contributed by atoms with Crippen molar-refractivity contribution in [3.63, 3.8) is 0 Å². The summed E-state index contributed by atoms with van der Waals surface area (Å²) in [6.07, 6.45) is 0.469. The summed E-state index contributed by atoms with van der Waals surface area (Å²) >= 11 is 6.16. The SMILES string of the molecule is O=S(=O)(c1ccc2c(c1)OCCO2)n1c(Cc2ccccc2)cc2cc(Cl)ccc21. The van der Waals surface area contributed by atoms with Crippen LogP contribution in [0.4, 0.5) is 0 Å². The number of ether oxygens (including phenoxy) is 2. The van der Waals surface area contributed by atoms with Crippen molar-refractivity contribution in [3.05, 3.63) is 89.1 Å². The average Bonchev–Trinajstić information content (AvgIpc) is 3.11. The van der Waals surface area contributed by atoms with Crippen LogP contribution in [0, 0.1) is 0 Å². The molecule has 1 aromatic heterocycles. The molecule has 2 heterocycles. The van der Waals surface area contributed by atoms with Crippen molar-refractivity contribution >= 4 is 32.5 Å². The first kappa shape index (κ1) is 19.0. The van der Waals surface area contributed by atoms with Crippen molar-refractivity contribution in [2.75, 3.05) is 13.2 Å². The van der Waals surface area contributed by atoms with Gasteiger partial charge in [-0.2, -0.15) is 0 Å². The number of rotatable bonds is 4. The minimum Gasteiger partial charge on any atom is -0.486 e. The maximum atomic E-state index is 13.7. The molecule has 5 nitrogen and oxygen atoms in total. The third-order valence-corrected chi connectivity index (χ3v) is 7.07. The van der Waals surface area contributed by atoms with Gasteiger partial charge in [-0.15, -0.1) is 0 Å². The summed E-state index contributed by atoms with van der Waals surface area (Å²) in [5.41, 5.74) is 2.26. The van der Waals surface area contributed by atoms with Crippen LogP contribution in [0.5, 0.6) is 11.5 Å². The van der Waals surface area contributed by atoms with Crippen LogP contribution in [0.15, 0.2) is 77.7 Å². The molecule has 4 aromatic rings. The molecule has 0 unspecified atom stereocenters. The second kappa shape index (κ2) is 7.38. The highest BCUT2D eigenvalue weighted by molar-refractivity contribution is 7.90. The van der Waals surface area contributed by atoms with E-state index < -0.39 is 10.0 Å². The van der Waals surface area contributed by atoms with Crippen molar-refractivity contribution in [3.8, 4) is 11.5 Å². The number of hydrogen-bond donors (Lipinski definition) is 0. The topological polar surface area (TPSA) is 57.5 Å². The van der Waals surface area contributed by atoms with E-state index >= 15 is 0 Å². The predicted molar refractivity (Wildman–Crippen MR) is 116 cm³/mol. The van der Waals surface area contributed by atoms with E-state index in [0.29, 0.717) is 47.4 Å². The minimum absolute atomic E-state index is 0.147. The van der Waals surface area contributed by atoms with Crippen LogP contribution in [0.25, 0.3) is 10.9 Å². The molecular weight excluding hydrogens is 422 g/mol. The molecule has 0 aliphatic carbocycles. The normalized spacial score (nSPS) is 13.5. The number of halogens is 1. The molecule has 0 fully saturated rings. The number of fused-ring (bicyclic) bond motifs is 2. The van der Waals surface area contributed by atoms with E-state index in [1.807, 2.05) is 36.4 Å². The van der Waals surface area contributed by atoms with Gasteiger partial charge in [0, 0.05) is 28.6 Å². The standard InChI is InChI=1S/C23H18ClNO4S/c24-18-6-8-21-17(13-18)14-19(12-16-4-2-1-3-5-16)25(21)30(26,27)20-7-9-22-23(15-20)29-11-10-28-22/h1-9,13-15H,10-12H2. The molecule has 1 aliphatic rings. The summed E-state index contributed by atoms with van der Waals surface area (Å²) in [6.45, 7) is 0.837. The van der Waals surface area contributed by atoms with Crippen LogP contribution in [0.2, 0.25) is 5.02 Å². The Bertz CT molecular complexity index is 1350. The molecule has 0 bridgehead atoms. The lowest BCUT2D eigenvalue weighted by Gasteiger charge is -2.19. The molecular formula is C23H18ClNO4S. The van der Waals surface area contributed by atoms with Crippen molar-refractivity contribution in [1.82, 2.24) is 3.97 Å². The maximum Gasteiger partial charge on any atom is 0.268 e. The zero-order valence-corrected chi connectivity index (χ0v) is 17.5. The molecule has 7 heteroatoms. The maximum absolute atomic E-state index is 13.7. The lowest BCUT2D eigenvalue weighted by atomic mass is 10.1. The zero-order valence-electron chi connectivity index (χ0n) is 15.9. The van der Waals surface area contributed by atoms with Crippen molar-refractivity contribution < 1.29 is 17.9 Å². The first-order chi connectivity index (χ1) is 14.5. The van der Waals surface area contributed by atoms with Crippen molar-refractivity contribution in [2.45, 2.75) is 11.3 Å². The van der Waals surface area contributed by atoms with Gasteiger partial charge in [-0.3, -0.25) is 0 Å². The van der Waals surface area contributed by atoms with E-state index in [-0.39, 0.29) is 4.90 Å². The molecule has 0 spiro atoms. The van der Waals surface area contributed by atoms with Crippen LogP contribution >= 0.6 is 11.6 Å². The smallest absolute Gasteiger partial charge is 0.268 e. The quantitative estimate of drug-likeness (QED) is 0.454. The number of benzene rings is 3. The molecule has 0 radical (unpaired) electrons. The highest BCUT2D eigenvalue weighted by atomic mass is 35.5. The van der Waals surface area contributed by atoms with Gasteiger partial charge in [0.25, 0.3) is 10.0 Å². The fourth-order valence-electron chi connectivity index (χ4n) is 3.72. The molecule has 0 atom stereocenters.